The normalized spacial score (nSPS) is 16.8. The van der Waals surface area contributed by atoms with E-state index in [0.29, 0.717) is 19.6 Å². The number of hydrogen-bond donors (Lipinski definition) is 0. The van der Waals surface area contributed by atoms with Crippen molar-refractivity contribution in [3.05, 3.63) is 29.8 Å². The second kappa shape index (κ2) is 6.41. The number of para-hydroxylation sites is 1. The molecule has 0 bridgehead atoms. The average molecular weight is 277 g/mol. The van der Waals surface area contributed by atoms with Crippen LogP contribution in [0, 0.1) is 0 Å². The summed E-state index contributed by atoms with van der Waals surface area (Å²) in [4.78, 5) is 25.2. The number of rotatable bonds is 4. The minimum atomic E-state index is -0.308. The van der Waals surface area contributed by atoms with Crippen LogP contribution in [-0.2, 0) is 14.3 Å². The Hall–Kier alpha value is -2.04. The number of nitrogens with zero attached hydrogens (tertiary/aromatic N) is 1. The largest absolute Gasteiger partial charge is 0.493 e. The summed E-state index contributed by atoms with van der Waals surface area (Å²) in [6.07, 6.45) is 0.877. The molecular formula is C15H19NO4. The van der Waals surface area contributed by atoms with E-state index in [2.05, 4.69) is 4.74 Å². The van der Waals surface area contributed by atoms with Gasteiger partial charge in [0, 0.05) is 19.2 Å². The maximum atomic E-state index is 12.5. The van der Waals surface area contributed by atoms with Crippen molar-refractivity contribution in [2.45, 2.75) is 18.8 Å². The predicted octanol–water partition coefficient (Wildman–Crippen LogP) is 1.57. The lowest BCUT2D eigenvalue weighted by atomic mass is 9.92. The van der Waals surface area contributed by atoms with Gasteiger partial charge in [-0.2, -0.15) is 0 Å². The quantitative estimate of drug-likeness (QED) is 0.784. The van der Waals surface area contributed by atoms with E-state index in [0.717, 1.165) is 11.3 Å². The van der Waals surface area contributed by atoms with E-state index >= 15 is 0 Å². The van der Waals surface area contributed by atoms with Crippen LogP contribution in [0.25, 0.3) is 0 Å². The van der Waals surface area contributed by atoms with Gasteiger partial charge in [0.05, 0.1) is 26.1 Å². The summed E-state index contributed by atoms with van der Waals surface area (Å²) >= 11 is 0. The van der Waals surface area contributed by atoms with Crippen LogP contribution in [0.4, 0.5) is 0 Å². The fourth-order valence-corrected chi connectivity index (χ4v) is 2.34. The number of likely N-dealkylation sites (N-methyl/N-ethyl adjacent to an activating group) is 1. The van der Waals surface area contributed by atoms with Crippen molar-refractivity contribution in [2.75, 3.05) is 27.3 Å². The van der Waals surface area contributed by atoms with E-state index in [1.54, 1.807) is 11.9 Å². The summed E-state index contributed by atoms with van der Waals surface area (Å²) < 4.78 is 10.1. The van der Waals surface area contributed by atoms with Crippen LogP contribution in [0.1, 0.15) is 24.3 Å². The topological polar surface area (TPSA) is 55.8 Å². The molecular weight excluding hydrogens is 258 g/mol. The van der Waals surface area contributed by atoms with Gasteiger partial charge in [0.15, 0.2) is 0 Å². The smallest absolute Gasteiger partial charge is 0.307 e. The van der Waals surface area contributed by atoms with Gasteiger partial charge in [0.2, 0.25) is 5.91 Å². The fraction of sp³-hybridized carbons (Fsp3) is 0.467. The molecule has 1 aliphatic rings. The van der Waals surface area contributed by atoms with Gasteiger partial charge in [-0.05, 0) is 12.5 Å². The average Bonchev–Trinajstić information content (AvgIpc) is 2.50. The van der Waals surface area contributed by atoms with Crippen molar-refractivity contribution in [3.63, 3.8) is 0 Å². The first-order valence-electron chi connectivity index (χ1n) is 6.67. The minimum Gasteiger partial charge on any atom is -0.493 e. The van der Waals surface area contributed by atoms with Crippen molar-refractivity contribution >= 4 is 11.9 Å². The molecule has 1 heterocycles. The van der Waals surface area contributed by atoms with Crippen molar-refractivity contribution in [2.24, 2.45) is 0 Å². The Morgan fingerprint density at radius 1 is 1.40 bits per heavy atom. The van der Waals surface area contributed by atoms with Crippen LogP contribution in [0.15, 0.2) is 24.3 Å². The lowest BCUT2D eigenvalue weighted by Crippen LogP contribution is -2.35. The maximum absolute atomic E-state index is 12.5. The summed E-state index contributed by atoms with van der Waals surface area (Å²) in [5.41, 5.74) is 0.925. The summed E-state index contributed by atoms with van der Waals surface area (Å²) in [6, 6.07) is 7.60. The van der Waals surface area contributed by atoms with Crippen molar-refractivity contribution in [3.8, 4) is 5.75 Å². The zero-order chi connectivity index (χ0) is 14.5. The first-order valence-corrected chi connectivity index (χ1v) is 6.67. The molecule has 2 rings (SSSR count). The number of carbonyl (C=O) groups excluding carboxylic acids is 2. The molecule has 0 spiro atoms. The van der Waals surface area contributed by atoms with Crippen LogP contribution in [0.2, 0.25) is 0 Å². The number of ether oxygens (including phenoxy) is 2. The van der Waals surface area contributed by atoms with Gasteiger partial charge in [-0.15, -0.1) is 0 Å². The molecule has 0 radical (unpaired) electrons. The zero-order valence-corrected chi connectivity index (χ0v) is 11.8. The number of benzene rings is 1. The third kappa shape index (κ3) is 3.10. The molecule has 0 saturated heterocycles. The lowest BCUT2D eigenvalue weighted by molar-refractivity contribution is -0.141. The molecule has 0 N–H and O–H groups in total. The molecule has 0 aliphatic carbocycles. The van der Waals surface area contributed by atoms with Gasteiger partial charge in [-0.3, -0.25) is 9.59 Å². The van der Waals surface area contributed by atoms with Gasteiger partial charge in [-0.25, -0.2) is 0 Å². The van der Waals surface area contributed by atoms with Crippen molar-refractivity contribution in [1.29, 1.82) is 0 Å². The second-order valence-corrected chi connectivity index (χ2v) is 4.81. The van der Waals surface area contributed by atoms with Crippen molar-refractivity contribution in [1.82, 2.24) is 4.90 Å². The number of carbonyl (C=O) groups is 2. The molecule has 108 valence electrons. The summed E-state index contributed by atoms with van der Waals surface area (Å²) in [7, 11) is 3.06. The predicted molar refractivity (Wildman–Crippen MR) is 73.6 cm³/mol. The number of methoxy groups -OCH3 is 1. The SMILES string of the molecule is COC(=O)CCN(C)C(=O)C1CCOc2ccccc21. The molecule has 0 aromatic heterocycles. The molecule has 1 amide bonds. The van der Waals surface area contributed by atoms with E-state index < -0.39 is 0 Å². The first kappa shape index (κ1) is 14.4. The van der Waals surface area contributed by atoms with Gasteiger partial charge in [0.25, 0.3) is 0 Å². The van der Waals surface area contributed by atoms with E-state index in [9.17, 15) is 9.59 Å². The second-order valence-electron chi connectivity index (χ2n) is 4.81. The van der Waals surface area contributed by atoms with Gasteiger partial charge in [-0.1, -0.05) is 18.2 Å². The minimum absolute atomic E-state index is 0.0182. The maximum Gasteiger partial charge on any atom is 0.307 e. The van der Waals surface area contributed by atoms with E-state index in [4.69, 9.17) is 4.74 Å². The highest BCUT2D eigenvalue weighted by Gasteiger charge is 2.29. The van der Waals surface area contributed by atoms with Crippen molar-refractivity contribution < 1.29 is 19.1 Å². The Bertz CT molecular complexity index is 500. The molecule has 1 aromatic rings. The lowest BCUT2D eigenvalue weighted by Gasteiger charge is -2.28. The van der Waals surface area contributed by atoms with E-state index in [1.165, 1.54) is 7.11 Å². The highest BCUT2D eigenvalue weighted by Crippen LogP contribution is 2.34. The number of amides is 1. The summed E-state index contributed by atoms with van der Waals surface area (Å²) in [5, 5.41) is 0. The standard InChI is InChI=1S/C15H19NO4/c1-16(9-7-14(17)19-2)15(18)12-8-10-20-13-6-4-3-5-11(12)13/h3-6,12H,7-10H2,1-2H3. The number of esters is 1. The van der Waals surface area contributed by atoms with Crippen LogP contribution in [-0.4, -0.2) is 44.1 Å². The molecule has 20 heavy (non-hydrogen) atoms. The Balaban J connectivity index is 2.04. The Labute approximate surface area is 118 Å². The molecule has 5 nitrogen and oxygen atoms in total. The fourth-order valence-electron chi connectivity index (χ4n) is 2.34. The van der Waals surface area contributed by atoms with Gasteiger partial charge < -0.3 is 14.4 Å². The van der Waals surface area contributed by atoms with E-state index in [1.807, 2.05) is 24.3 Å². The third-order valence-corrected chi connectivity index (χ3v) is 3.51. The van der Waals surface area contributed by atoms with Crippen LogP contribution >= 0.6 is 0 Å². The Morgan fingerprint density at radius 3 is 2.90 bits per heavy atom. The third-order valence-electron chi connectivity index (χ3n) is 3.51. The van der Waals surface area contributed by atoms with Gasteiger partial charge in [0.1, 0.15) is 5.75 Å². The Kier molecular flexibility index (Phi) is 4.61. The number of hydrogen-bond acceptors (Lipinski definition) is 4. The molecule has 5 heteroatoms. The summed E-state index contributed by atoms with van der Waals surface area (Å²) in [5.74, 6) is 0.294. The van der Waals surface area contributed by atoms with Crippen LogP contribution in [0.3, 0.4) is 0 Å². The molecule has 1 atom stereocenters. The molecule has 0 saturated carbocycles. The van der Waals surface area contributed by atoms with Gasteiger partial charge >= 0.3 is 5.97 Å². The highest BCUT2D eigenvalue weighted by molar-refractivity contribution is 5.85. The van der Waals surface area contributed by atoms with Crippen LogP contribution < -0.4 is 4.74 Å². The summed E-state index contributed by atoms with van der Waals surface area (Å²) in [6.45, 7) is 0.906. The number of fused-ring (bicyclic) bond motifs is 1. The molecule has 1 unspecified atom stereocenters. The first-order chi connectivity index (χ1) is 9.63. The molecule has 1 aliphatic heterocycles. The molecule has 1 aromatic carbocycles. The van der Waals surface area contributed by atoms with E-state index in [-0.39, 0.29) is 24.2 Å². The van der Waals surface area contributed by atoms with Crippen LogP contribution in [0.5, 0.6) is 5.75 Å². The molecule has 0 fully saturated rings. The zero-order valence-electron chi connectivity index (χ0n) is 11.8. The highest BCUT2D eigenvalue weighted by atomic mass is 16.5. The monoisotopic (exact) mass is 277 g/mol. The Morgan fingerprint density at radius 2 is 2.15 bits per heavy atom.